The molecule has 0 saturated carbocycles. The van der Waals surface area contributed by atoms with Gasteiger partial charge in [-0.3, -0.25) is 24.1 Å². The van der Waals surface area contributed by atoms with Crippen LogP contribution in [0.3, 0.4) is 0 Å². The quantitative estimate of drug-likeness (QED) is 0.477. The molecule has 1 fully saturated rings. The first-order valence-electron chi connectivity index (χ1n) is 9.35. The van der Waals surface area contributed by atoms with E-state index < -0.39 is 36.4 Å². The maximum absolute atomic E-state index is 12.4. The van der Waals surface area contributed by atoms with Crippen molar-refractivity contribution in [2.45, 2.75) is 39.7 Å². The molecule has 7 heteroatoms. The van der Waals surface area contributed by atoms with Gasteiger partial charge in [-0.25, -0.2) is 0 Å². The zero-order valence-electron chi connectivity index (χ0n) is 16.2. The van der Waals surface area contributed by atoms with Crippen LogP contribution >= 0.6 is 0 Å². The summed E-state index contributed by atoms with van der Waals surface area (Å²) in [5.74, 6) is -2.73. The second-order valence-electron chi connectivity index (χ2n) is 7.36. The van der Waals surface area contributed by atoms with Gasteiger partial charge in [0, 0.05) is 5.69 Å². The van der Waals surface area contributed by atoms with Crippen LogP contribution in [0.25, 0.3) is 0 Å². The van der Waals surface area contributed by atoms with E-state index >= 15 is 0 Å². The van der Waals surface area contributed by atoms with Crippen LogP contribution in [-0.4, -0.2) is 41.2 Å². The molecule has 3 amide bonds. The lowest BCUT2D eigenvalue weighted by atomic mass is 9.85. The molecule has 1 aromatic rings. The molecule has 0 aromatic heterocycles. The van der Waals surface area contributed by atoms with Gasteiger partial charge in [0.05, 0.1) is 11.8 Å². The Balaban J connectivity index is 1.57. The van der Waals surface area contributed by atoms with Gasteiger partial charge in [0.15, 0.2) is 6.10 Å². The largest absolute Gasteiger partial charge is 0.451 e. The second-order valence-corrected chi connectivity index (χ2v) is 7.36. The number of allylic oxidation sites excluding steroid dienone is 2. The van der Waals surface area contributed by atoms with E-state index in [-0.39, 0.29) is 11.8 Å². The minimum absolute atomic E-state index is 0.344. The molecular formula is C21H24N2O5. The summed E-state index contributed by atoms with van der Waals surface area (Å²) in [6.07, 6.45) is 3.73. The Morgan fingerprint density at radius 1 is 1.14 bits per heavy atom. The number of esters is 1. The third-order valence-electron chi connectivity index (χ3n) is 5.21. The monoisotopic (exact) mass is 384 g/mol. The summed E-state index contributed by atoms with van der Waals surface area (Å²) in [6, 6.07) is 5.66. The van der Waals surface area contributed by atoms with Crippen molar-refractivity contribution in [1.29, 1.82) is 0 Å². The van der Waals surface area contributed by atoms with E-state index in [0.717, 1.165) is 16.0 Å². The zero-order chi connectivity index (χ0) is 20.4. The molecule has 1 aromatic carbocycles. The number of likely N-dealkylation sites (tertiary alicyclic amines) is 1. The average molecular weight is 384 g/mol. The number of fused-ring (bicyclic) bond motifs is 1. The average Bonchev–Trinajstić information content (AvgIpc) is 2.90. The Morgan fingerprint density at radius 3 is 2.36 bits per heavy atom. The van der Waals surface area contributed by atoms with Crippen molar-refractivity contribution in [3.63, 3.8) is 0 Å². The second kappa shape index (κ2) is 7.96. The van der Waals surface area contributed by atoms with Gasteiger partial charge in [-0.15, -0.1) is 0 Å². The van der Waals surface area contributed by atoms with Crippen molar-refractivity contribution in [3.05, 3.63) is 41.5 Å². The standard InChI is InChI=1S/C21H24N2O5/c1-12-8-9-13(2)17(10-12)22-19(25)14(3)28-18(24)11-23-20(26)15-6-4-5-7-16(15)21(23)27/h4-5,8-10,14-16H,6-7,11H2,1-3H3,(H,22,25)/t14-,15-,16+/m1/s1. The number of benzene rings is 1. The molecule has 3 rings (SSSR count). The van der Waals surface area contributed by atoms with Crippen molar-refractivity contribution < 1.29 is 23.9 Å². The van der Waals surface area contributed by atoms with Crippen LogP contribution in [0.1, 0.15) is 30.9 Å². The lowest BCUT2D eigenvalue weighted by Gasteiger charge is -2.18. The lowest BCUT2D eigenvalue weighted by Crippen LogP contribution is -2.39. The number of nitrogens with one attached hydrogen (secondary N) is 1. The first-order chi connectivity index (χ1) is 13.3. The lowest BCUT2D eigenvalue weighted by molar-refractivity contribution is -0.158. The molecule has 1 aliphatic carbocycles. The van der Waals surface area contributed by atoms with Gasteiger partial charge in [-0.05, 0) is 50.8 Å². The maximum atomic E-state index is 12.4. The fourth-order valence-electron chi connectivity index (χ4n) is 3.55. The number of carbonyl (C=O) groups excluding carboxylic acids is 4. The van der Waals surface area contributed by atoms with Crippen LogP contribution in [0.2, 0.25) is 0 Å². The van der Waals surface area contributed by atoms with Crippen molar-refractivity contribution in [2.75, 3.05) is 11.9 Å². The van der Waals surface area contributed by atoms with Crippen molar-refractivity contribution >= 4 is 29.4 Å². The van der Waals surface area contributed by atoms with E-state index in [1.807, 2.05) is 44.2 Å². The molecule has 148 valence electrons. The molecule has 0 bridgehead atoms. The van der Waals surface area contributed by atoms with E-state index in [4.69, 9.17) is 4.74 Å². The molecule has 0 radical (unpaired) electrons. The van der Waals surface area contributed by atoms with Crippen LogP contribution in [0.4, 0.5) is 5.69 Å². The Kier molecular flexibility index (Phi) is 5.63. The van der Waals surface area contributed by atoms with Crippen molar-refractivity contribution in [3.8, 4) is 0 Å². The summed E-state index contributed by atoms with van der Waals surface area (Å²) in [5, 5.41) is 2.74. The third kappa shape index (κ3) is 3.98. The molecule has 28 heavy (non-hydrogen) atoms. The van der Waals surface area contributed by atoms with E-state index in [2.05, 4.69) is 5.32 Å². The van der Waals surface area contributed by atoms with Crippen LogP contribution in [-0.2, 0) is 23.9 Å². The zero-order valence-corrected chi connectivity index (χ0v) is 16.2. The summed E-state index contributed by atoms with van der Waals surface area (Å²) < 4.78 is 5.15. The molecule has 1 aliphatic heterocycles. The Hall–Kier alpha value is -2.96. The molecule has 1 heterocycles. The number of ether oxygens (including phenoxy) is 1. The van der Waals surface area contributed by atoms with Gasteiger partial charge in [0.2, 0.25) is 11.8 Å². The van der Waals surface area contributed by atoms with E-state index in [1.54, 1.807) is 0 Å². The topological polar surface area (TPSA) is 92.8 Å². The number of anilines is 1. The van der Waals surface area contributed by atoms with Gasteiger partial charge in [-0.1, -0.05) is 24.3 Å². The van der Waals surface area contributed by atoms with Crippen LogP contribution in [0, 0.1) is 25.7 Å². The summed E-state index contributed by atoms with van der Waals surface area (Å²) >= 11 is 0. The molecule has 2 aliphatic rings. The first kappa shape index (κ1) is 19.8. The minimum atomic E-state index is -1.05. The highest BCUT2D eigenvalue weighted by Crippen LogP contribution is 2.34. The summed E-state index contributed by atoms with van der Waals surface area (Å²) in [4.78, 5) is 50.3. The molecule has 0 unspecified atom stereocenters. The van der Waals surface area contributed by atoms with Gasteiger partial charge < -0.3 is 10.1 Å². The molecule has 1 saturated heterocycles. The number of carbonyl (C=O) groups is 4. The molecular weight excluding hydrogens is 360 g/mol. The fraction of sp³-hybridized carbons (Fsp3) is 0.429. The predicted octanol–water partition coefficient (Wildman–Crippen LogP) is 2.12. The van der Waals surface area contributed by atoms with Gasteiger partial charge in [0.25, 0.3) is 5.91 Å². The van der Waals surface area contributed by atoms with E-state index in [1.165, 1.54) is 6.92 Å². The smallest absolute Gasteiger partial charge is 0.326 e. The first-order valence-corrected chi connectivity index (χ1v) is 9.35. The van der Waals surface area contributed by atoms with Gasteiger partial charge in [-0.2, -0.15) is 0 Å². The predicted molar refractivity (Wildman–Crippen MR) is 102 cm³/mol. The minimum Gasteiger partial charge on any atom is -0.451 e. The van der Waals surface area contributed by atoms with Gasteiger partial charge >= 0.3 is 5.97 Å². The van der Waals surface area contributed by atoms with Crippen LogP contribution in [0.15, 0.2) is 30.4 Å². The number of hydrogen-bond acceptors (Lipinski definition) is 5. The number of hydrogen-bond donors (Lipinski definition) is 1. The SMILES string of the molecule is Cc1ccc(C)c(NC(=O)[C@@H](C)OC(=O)CN2C(=O)[C@H]3CC=CC[C@H]3C2=O)c1. The summed E-state index contributed by atoms with van der Waals surface area (Å²) in [5.41, 5.74) is 2.53. The molecule has 7 nitrogen and oxygen atoms in total. The highest BCUT2D eigenvalue weighted by Gasteiger charge is 2.47. The molecule has 1 N–H and O–H groups in total. The van der Waals surface area contributed by atoms with E-state index in [0.29, 0.717) is 18.5 Å². The van der Waals surface area contributed by atoms with Gasteiger partial charge in [0.1, 0.15) is 6.54 Å². The highest BCUT2D eigenvalue weighted by atomic mass is 16.5. The number of nitrogens with zero attached hydrogens (tertiary/aromatic N) is 1. The summed E-state index contributed by atoms with van der Waals surface area (Å²) in [7, 11) is 0. The van der Waals surface area contributed by atoms with E-state index in [9.17, 15) is 19.2 Å². The fourth-order valence-corrected chi connectivity index (χ4v) is 3.55. The highest BCUT2D eigenvalue weighted by molar-refractivity contribution is 6.07. The Morgan fingerprint density at radius 2 is 1.75 bits per heavy atom. The molecule has 3 atom stereocenters. The van der Waals surface area contributed by atoms with Crippen molar-refractivity contribution in [2.24, 2.45) is 11.8 Å². The third-order valence-corrected chi connectivity index (χ3v) is 5.21. The Labute approximate surface area is 163 Å². The van der Waals surface area contributed by atoms with Crippen LogP contribution in [0.5, 0.6) is 0 Å². The maximum Gasteiger partial charge on any atom is 0.326 e. The number of amides is 3. The number of rotatable bonds is 5. The normalized spacial score (nSPS) is 22.0. The summed E-state index contributed by atoms with van der Waals surface area (Å²) in [6.45, 7) is 4.77. The Bertz CT molecular complexity index is 834. The molecule has 0 spiro atoms. The number of aryl methyl sites for hydroxylation is 2. The number of imide groups is 1. The van der Waals surface area contributed by atoms with Crippen LogP contribution < -0.4 is 5.32 Å². The van der Waals surface area contributed by atoms with Crippen molar-refractivity contribution in [1.82, 2.24) is 4.90 Å².